The van der Waals surface area contributed by atoms with Crippen molar-refractivity contribution in [1.29, 1.82) is 0 Å². The maximum atomic E-state index is 11.8. The number of carbonyl (C=O) groups is 1. The summed E-state index contributed by atoms with van der Waals surface area (Å²) >= 11 is 0. The van der Waals surface area contributed by atoms with Crippen LogP contribution in [0.2, 0.25) is 0 Å². The van der Waals surface area contributed by atoms with Gasteiger partial charge in [-0.15, -0.1) is 0 Å². The number of rotatable bonds is 5. The molecule has 0 bridgehead atoms. The lowest BCUT2D eigenvalue weighted by atomic mass is 10.00. The maximum Gasteiger partial charge on any atom is 0.315 e. The summed E-state index contributed by atoms with van der Waals surface area (Å²) in [7, 11) is 0. The van der Waals surface area contributed by atoms with Crippen molar-refractivity contribution in [2.75, 3.05) is 6.54 Å². The number of hydrogen-bond donors (Lipinski definition) is 2. The average Bonchev–Trinajstić information content (AvgIpc) is 2.47. The molecule has 3 nitrogen and oxygen atoms in total. The molecule has 0 aliphatic rings. The van der Waals surface area contributed by atoms with E-state index in [2.05, 4.69) is 41.8 Å². The van der Waals surface area contributed by atoms with Gasteiger partial charge in [-0.2, -0.15) is 0 Å². The molecule has 0 heterocycles. The zero-order valence-electron chi connectivity index (χ0n) is 12.1. The number of carbonyl (C=O) groups excluding carboxylic acids is 1. The highest BCUT2D eigenvalue weighted by molar-refractivity contribution is 5.86. The Morgan fingerprint density at radius 3 is 2.70 bits per heavy atom. The summed E-state index contributed by atoms with van der Waals surface area (Å²) in [6, 6.07) is 14.3. The monoisotopic (exact) mass is 270 g/mol. The maximum absolute atomic E-state index is 11.8. The Morgan fingerprint density at radius 2 is 1.90 bits per heavy atom. The van der Waals surface area contributed by atoms with E-state index in [0.717, 1.165) is 24.9 Å². The number of unbranched alkanes of at least 4 members (excludes halogenated alkanes) is 1. The number of benzene rings is 2. The first-order valence-electron chi connectivity index (χ1n) is 7.24. The van der Waals surface area contributed by atoms with Crippen LogP contribution in [0.15, 0.2) is 42.5 Å². The molecule has 0 aliphatic carbocycles. The summed E-state index contributed by atoms with van der Waals surface area (Å²) in [6.07, 6.45) is 2.09. The van der Waals surface area contributed by atoms with Crippen molar-refractivity contribution in [3.63, 3.8) is 0 Å². The number of fused-ring (bicyclic) bond motifs is 1. The molecule has 20 heavy (non-hydrogen) atoms. The topological polar surface area (TPSA) is 41.1 Å². The van der Waals surface area contributed by atoms with Crippen LogP contribution in [0.4, 0.5) is 4.79 Å². The molecule has 2 aromatic rings. The Labute approximate surface area is 120 Å². The standard InChI is InChI=1S/C17H22N2O/c1-3-4-12-18-17(20)19-13(2)15-11-7-9-14-8-5-6-10-16(14)15/h5-11,13H,3-4,12H2,1-2H3,(H2,18,19,20). The summed E-state index contributed by atoms with van der Waals surface area (Å²) in [5.74, 6) is 0. The lowest BCUT2D eigenvalue weighted by Crippen LogP contribution is -2.37. The van der Waals surface area contributed by atoms with E-state index >= 15 is 0 Å². The van der Waals surface area contributed by atoms with Gasteiger partial charge in [-0.05, 0) is 29.7 Å². The summed E-state index contributed by atoms with van der Waals surface area (Å²) in [4.78, 5) is 11.8. The van der Waals surface area contributed by atoms with E-state index in [1.54, 1.807) is 0 Å². The highest BCUT2D eigenvalue weighted by Crippen LogP contribution is 2.23. The van der Waals surface area contributed by atoms with E-state index in [9.17, 15) is 4.79 Å². The first-order chi connectivity index (χ1) is 9.72. The molecule has 0 spiro atoms. The molecule has 0 saturated carbocycles. The lowest BCUT2D eigenvalue weighted by molar-refractivity contribution is 0.238. The van der Waals surface area contributed by atoms with Crippen molar-refractivity contribution in [3.05, 3.63) is 48.0 Å². The molecule has 0 radical (unpaired) electrons. The average molecular weight is 270 g/mol. The zero-order chi connectivity index (χ0) is 14.4. The molecule has 1 unspecified atom stereocenters. The molecule has 0 fully saturated rings. The fourth-order valence-electron chi connectivity index (χ4n) is 2.33. The smallest absolute Gasteiger partial charge is 0.315 e. The van der Waals surface area contributed by atoms with Crippen molar-refractivity contribution in [2.45, 2.75) is 32.7 Å². The molecule has 0 aliphatic heterocycles. The van der Waals surface area contributed by atoms with E-state index in [-0.39, 0.29) is 12.1 Å². The molecule has 1 atom stereocenters. The third-order valence-corrected chi connectivity index (χ3v) is 3.45. The van der Waals surface area contributed by atoms with Crippen LogP contribution >= 0.6 is 0 Å². The van der Waals surface area contributed by atoms with E-state index in [4.69, 9.17) is 0 Å². The molecule has 0 aromatic heterocycles. The van der Waals surface area contributed by atoms with Crippen LogP contribution < -0.4 is 10.6 Å². The molecular weight excluding hydrogens is 248 g/mol. The van der Waals surface area contributed by atoms with Gasteiger partial charge in [0.25, 0.3) is 0 Å². The molecule has 2 rings (SSSR count). The number of urea groups is 1. The van der Waals surface area contributed by atoms with E-state index in [0.29, 0.717) is 0 Å². The fourth-order valence-corrected chi connectivity index (χ4v) is 2.33. The van der Waals surface area contributed by atoms with Crippen LogP contribution in [0, 0.1) is 0 Å². The van der Waals surface area contributed by atoms with Gasteiger partial charge in [-0.3, -0.25) is 0 Å². The Bertz CT molecular complexity index is 575. The molecule has 2 N–H and O–H groups in total. The predicted octanol–water partition coefficient (Wildman–Crippen LogP) is 4.00. The molecule has 106 valence electrons. The van der Waals surface area contributed by atoms with Crippen LogP contribution in [0.3, 0.4) is 0 Å². The van der Waals surface area contributed by atoms with Crippen LogP contribution in [-0.4, -0.2) is 12.6 Å². The Hall–Kier alpha value is -2.03. The van der Waals surface area contributed by atoms with Gasteiger partial charge in [0.05, 0.1) is 6.04 Å². The summed E-state index contributed by atoms with van der Waals surface area (Å²) < 4.78 is 0. The lowest BCUT2D eigenvalue weighted by Gasteiger charge is -2.17. The van der Waals surface area contributed by atoms with Gasteiger partial charge in [-0.25, -0.2) is 4.79 Å². The van der Waals surface area contributed by atoms with Gasteiger partial charge in [0, 0.05) is 6.54 Å². The van der Waals surface area contributed by atoms with Crippen LogP contribution in [0.25, 0.3) is 10.8 Å². The minimum Gasteiger partial charge on any atom is -0.338 e. The Kier molecular flexibility index (Phi) is 4.99. The normalized spacial score (nSPS) is 12.1. The third-order valence-electron chi connectivity index (χ3n) is 3.45. The Morgan fingerprint density at radius 1 is 1.15 bits per heavy atom. The quantitative estimate of drug-likeness (QED) is 0.792. The van der Waals surface area contributed by atoms with Gasteiger partial charge < -0.3 is 10.6 Å². The van der Waals surface area contributed by atoms with Gasteiger partial charge >= 0.3 is 6.03 Å². The third kappa shape index (κ3) is 3.50. The van der Waals surface area contributed by atoms with Crippen LogP contribution in [-0.2, 0) is 0 Å². The first kappa shape index (κ1) is 14.4. The van der Waals surface area contributed by atoms with Crippen molar-refractivity contribution in [3.8, 4) is 0 Å². The molecule has 3 heteroatoms. The Balaban J connectivity index is 2.07. The van der Waals surface area contributed by atoms with E-state index in [1.165, 1.54) is 10.8 Å². The summed E-state index contributed by atoms with van der Waals surface area (Å²) in [5, 5.41) is 8.27. The fraction of sp³-hybridized carbons (Fsp3) is 0.353. The van der Waals surface area contributed by atoms with Crippen molar-refractivity contribution in [1.82, 2.24) is 10.6 Å². The zero-order valence-corrected chi connectivity index (χ0v) is 12.1. The molecule has 2 aromatic carbocycles. The minimum absolute atomic E-state index is 0.0114. The van der Waals surface area contributed by atoms with Crippen molar-refractivity contribution >= 4 is 16.8 Å². The van der Waals surface area contributed by atoms with E-state index < -0.39 is 0 Å². The van der Waals surface area contributed by atoms with Crippen molar-refractivity contribution in [2.24, 2.45) is 0 Å². The second-order valence-electron chi connectivity index (χ2n) is 5.04. The second kappa shape index (κ2) is 6.94. The number of hydrogen-bond acceptors (Lipinski definition) is 1. The van der Waals surface area contributed by atoms with Gasteiger partial charge in [0.15, 0.2) is 0 Å². The molecular formula is C17H22N2O. The van der Waals surface area contributed by atoms with E-state index in [1.807, 2.05) is 25.1 Å². The van der Waals surface area contributed by atoms with Gasteiger partial charge in [-0.1, -0.05) is 55.8 Å². The van der Waals surface area contributed by atoms with Gasteiger partial charge in [0.2, 0.25) is 0 Å². The highest BCUT2D eigenvalue weighted by Gasteiger charge is 2.11. The first-order valence-corrected chi connectivity index (χ1v) is 7.24. The van der Waals surface area contributed by atoms with Crippen molar-refractivity contribution < 1.29 is 4.79 Å². The number of nitrogens with one attached hydrogen (secondary N) is 2. The summed E-state index contributed by atoms with van der Waals surface area (Å²) in [6.45, 7) is 4.85. The molecule has 0 saturated heterocycles. The van der Waals surface area contributed by atoms with Gasteiger partial charge in [0.1, 0.15) is 0 Å². The minimum atomic E-state index is -0.0983. The predicted molar refractivity (Wildman–Crippen MR) is 83.8 cm³/mol. The SMILES string of the molecule is CCCCNC(=O)NC(C)c1cccc2ccccc12. The highest BCUT2D eigenvalue weighted by atomic mass is 16.2. The number of amides is 2. The summed E-state index contributed by atoms with van der Waals surface area (Å²) in [5.41, 5.74) is 1.15. The second-order valence-corrected chi connectivity index (χ2v) is 5.04. The van der Waals surface area contributed by atoms with Crippen LogP contribution in [0.1, 0.15) is 38.3 Å². The largest absolute Gasteiger partial charge is 0.338 e. The molecule has 2 amide bonds. The van der Waals surface area contributed by atoms with Crippen LogP contribution in [0.5, 0.6) is 0 Å².